The zero-order valence-electron chi connectivity index (χ0n) is 31.5. The first kappa shape index (κ1) is 39.8. The van der Waals surface area contributed by atoms with Gasteiger partial charge in [-0.3, -0.25) is 0 Å². The Morgan fingerprint density at radius 1 is 0.449 bits per heavy atom. The molecule has 0 saturated heterocycles. The average Bonchev–Trinajstić information content (AvgIpc) is 3.32. The number of nitrogens with zero attached hydrogens (tertiary/aromatic N) is 2. The van der Waals surface area contributed by atoms with Gasteiger partial charge in [-0.05, 0) is 61.1 Å². The number of hydrogen-bond donors (Lipinski definition) is 0. The predicted octanol–water partition coefficient (Wildman–Crippen LogP) is 13.2. The Morgan fingerprint density at radius 3 is 1.06 bits per heavy atom. The second-order valence-corrected chi connectivity index (χ2v) is 28.9. The van der Waals surface area contributed by atoms with Crippen molar-refractivity contribution in [3.63, 3.8) is 0 Å². The first-order valence-electron chi connectivity index (χ1n) is 17.9. The van der Waals surface area contributed by atoms with Crippen molar-refractivity contribution >= 4 is 80.5 Å². The summed E-state index contributed by atoms with van der Waals surface area (Å²) in [6.07, 6.45) is 0. The molecule has 0 aliphatic heterocycles. The Kier molecular flexibility index (Phi) is 13.4. The summed E-state index contributed by atoms with van der Waals surface area (Å²) in [7, 11) is 5.46. The van der Waals surface area contributed by atoms with Crippen molar-refractivity contribution in [3.8, 4) is 0 Å². The van der Waals surface area contributed by atoms with Gasteiger partial charge in [0, 0.05) is 16.5 Å². The molecular weight excluding hydrogens is 718 g/mol. The molecule has 2 nitrogen and oxygen atoms in total. The minimum absolute atomic E-state index is 0.569. The Morgan fingerprint density at radius 2 is 0.755 bits per heavy atom. The topological polar surface area (TPSA) is 24.7 Å². The van der Waals surface area contributed by atoms with E-state index in [0.717, 1.165) is 22.8 Å². The van der Waals surface area contributed by atoms with Crippen LogP contribution in [-0.2, 0) is 12.7 Å². The predicted molar refractivity (Wildman–Crippen MR) is 222 cm³/mol. The number of para-hydroxylation sites is 2. The summed E-state index contributed by atoms with van der Waals surface area (Å²) in [5.41, 5.74) is 10.3. The molecule has 0 amide bonds. The van der Waals surface area contributed by atoms with Crippen molar-refractivity contribution in [3.05, 3.63) is 96.1 Å². The van der Waals surface area contributed by atoms with Gasteiger partial charge in [0.15, 0.2) is 0 Å². The maximum atomic E-state index is 5.72. The van der Waals surface area contributed by atoms with Gasteiger partial charge in [0.2, 0.25) is 0 Å². The van der Waals surface area contributed by atoms with Crippen LogP contribution < -0.4 is 10.4 Å². The molecule has 1 aliphatic rings. The molecule has 49 heavy (non-hydrogen) atoms. The van der Waals surface area contributed by atoms with E-state index in [2.05, 4.69) is 168 Å². The Hall–Kier alpha value is -2.01. The van der Waals surface area contributed by atoms with Crippen LogP contribution in [0.15, 0.2) is 94.9 Å². The van der Waals surface area contributed by atoms with E-state index in [9.17, 15) is 0 Å². The van der Waals surface area contributed by atoms with E-state index in [0.29, 0.717) is 45.9 Å². The van der Waals surface area contributed by atoms with Crippen molar-refractivity contribution in [1.82, 2.24) is 0 Å². The zero-order valence-corrected chi connectivity index (χ0v) is 36.0. The van der Waals surface area contributed by atoms with Gasteiger partial charge in [0.25, 0.3) is 0 Å². The fourth-order valence-corrected chi connectivity index (χ4v) is 23.9. The first-order chi connectivity index (χ1) is 23.2. The number of benzene rings is 4. The standard InChI is InChI=1S/C42H56N2Si2.2ClH.Ni/c1-27(2)45(28(3)4,29(5)6)38-25-15-13-23-36(38)43-41-34-21-17-19-33-20-18-22-35(40(33)34)42(41)44-37-24-14-16-26-39(37)46(30(7)8,31(9)10)32(11)12;;;/h13-32H,1-12H3;2*1H;/q;;;+2/p-2. The molecule has 0 aromatic heterocycles. The number of rotatable bonds is 10. The summed E-state index contributed by atoms with van der Waals surface area (Å²) >= 11 is 0.569. The van der Waals surface area contributed by atoms with E-state index in [1.165, 1.54) is 32.3 Å². The Balaban J connectivity index is 0.00000174. The van der Waals surface area contributed by atoms with Crippen LogP contribution >= 0.6 is 20.4 Å². The Bertz CT molecular complexity index is 1640. The molecule has 7 heteroatoms. The van der Waals surface area contributed by atoms with E-state index in [4.69, 9.17) is 30.4 Å². The SMILES string of the molecule is CC(C)[Si](c1ccccc1N=C1C(=Nc2ccccc2[Si](C(C)C)(C(C)C)C(C)C)c2cccc3cccc1c23)(C(C)C)C(C)C.[Cl][Ni][Cl]. The summed E-state index contributed by atoms with van der Waals surface area (Å²) in [5.74, 6) is 0. The molecule has 5 rings (SSSR count). The summed E-state index contributed by atoms with van der Waals surface area (Å²) in [5, 5.41) is 5.49. The van der Waals surface area contributed by atoms with Crippen LogP contribution in [0, 0.1) is 0 Å². The van der Waals surface area contributed by atoms with Crippen LogP contribution in [-0.4, -0.2) is 27.6 Å². The molecule has 0 atom stereocenters. The third kappa shape index (κ3) is 7.10. The van der Waals surface area contributed by atoms with Gasteiger partial charge in [-0.25, -0.2) is 9.98 Å². The van der Waals surface area contributed by atoms with Gasteiger partial charge >= 0.3 is 33.0 Å². The van der Waals surface area contributed by atoms with E-state index >= 15 is 0 Å². The Labute approximate surface area is 313 Å². The molecule has 1 aliphatic carbocycles. The average molecular weight is 775 g/mol. The van der Waals surface area contributed by atoms with Gasteiger partial charge in [0.05, 0.1) is 38.9 Å². The van der Waals surface area contributed by atoms with Crippen molar-refractivity contribution < 1.29 is 12.7 Å². The van der Waals surface area contributed by atoms with Crippen LogP contribution in [0.5, 0.6) is 0 Å². The van der Waals surface area contributed by atoms with Crippen molar-refractivity contribution in [1.29, 1.82) is 0 Å². The summed E-state index contributed by atoms with van der Waals surface area (Å²) in [6, 6.07) is 31.5. The van der Waals surface area contributed by atoms with Crippen molar-refractivity contribution in [2.75, 3.05) is 0 Å². The second kappa shape index (κ2) is 16.6. The molecule has 0 fully saturated rings. The monoisotopic (exact) mass is 772 g/mol. The van der Waals surface area contributed by atoms with E-state index < -0.39 is 16.1 Å². The van der Waals surface area contributed by atoms with Crippen LogP contribution in [0.2, 0.25) is 33.2 Å². The molecular formula is C42H56Cl2N2NiSi2. The fourth-order valence-electron chi connectivity index (χ4n) is 10.2. The van der Waals surface area contributed by atoms with Crippen molar-refractivity contribution in [2.45, 2.75) is 116 Å². The number of halogens is 2. The van der Waals surface area contributed by atoms with Crippen molar-refractivity contribution in [2.24, 2.45) is 9.98 Å². The number of aliphatic imine (C=N–C) groups is 2. The van der Waals surface area contributed by atoms with Crippen LogP contribution in [0.4, 0.5) is 11.4 Å². The normalized spacial score (nSPS) is 15.3. The van der Waals surface area contributed by atoms with Crippen LogP contribution in [0.3, 0.4) is 0 Å². The van der Waals surface area contributed by atoms with Crippen LogP contribution in [0.25, 0.3) is 10.8 Å². The summed E-state index contributed by atoms with van der Waals surface area (Å²) in [4.78, 5) is 11.4. The third-order valence-corrected chi connectivity index (χ3v) is 25.8. The first-order valence-corrected chi connectivity index (χ1v) is 25.1. The van der Waals surface area contributed by atoms with Gasteiger partial charge in [-0.2, -0.15) is 0 Å². The summed E-state index contributed by atoms with van der Waals surface area (Å²) < 4.78 is 0. The third-order valence-electron chi connectivity index (χ3n) is 11.6. The minimum atomic E-state index is -1.97. The van der Waals surface area contributed by atoms with Crippen LogP contribution in [0.1, 0.15) is 94.2 Å². The molecule has 0 saturated carbocycles. The van der Waals surface area contributed by atoms with Gasteiger partial charge < -0.3 is 0 Å². The molecule has 0 bridgehead atoms. The maximum absolute atomic E-state index is 5.72. The zero-order chi connectivity index (χ0) is 36.3. The van der Waals surface area contributed by atoms with E-state index in [-0.39, 0.29) is 0 Å². The van der Waals surface area contributed by atoms with Gasteiger partial charge in [-0.1, -0.05) is 156 Å². The molecule has 0 unspecified atom stereocenters. The quantitative estimate of drug-likeness (QED) is 0.143. The van der Waals surface area contributed by atoms with Gasteiger partial charge in [-0.15, -0.1) is 0 Å². The molecule has 0 N–H and O–H groups in total. The van der Waals surface area contributed by atoms with E-state index in [1.54, 1.807) is 0 Å². The molecule has 4 aromatic carbocycles. The molecule has 266 valence electrons. The molecule has 0 radical (unpaired) electrons. The van der Waals surface area contributed by atoms with E-state index in [1.807, 2.05) is 0 Å². The molecule has 0 spiro atoms. The molecule has 0 heterocycles. The number of hydrogen-bond acceptors (Lipinski definition) is 2. The second-order valence-electron chi connectivity index (χ2n) is 15.5. The van der Waals surface area contributed by atoms with Gasteiger partial charge in [0.1, 0.15) is 0 Å². The fraction of sp³-hybridized carbons (Fsp3) is 0.429. The summed E-state index contributed by atoms with van der Waals surface area (Å²) in [6.45, 7) is 29.3. The molecule has 4 aromatic rings.